The molecule has 18 N–H and O–H groups in total. The average Bonchev–Trinajstić information content (AvgIpc) is 3.42. The topological polar surface area (TPSA) is 348 Å². The van der Waals surface area contributed by atoms with E-state index in [4.69, 9.17) is 34.4 Å². The Balaban J connectivity index is 4.10. The number of nitrogens with one attached hydrogen (secondary N) is 6. The summed E-state index contributed by atoms with van der Waals surface area (Å²) in [4.78, 5) is 87.8. The summed E-state index contributed by atoms with van der Waals surface area (Å²) in [5, 5.41) is 17.8. The minimum Gasteiger partial charge on any atom is -0.368 e. The van der Waals surface area contributed by atoms with Gasteiger partial charge in [0.2, 0.25) is 41.4 Å². The van der Waals surface area contributed by atoms with Crippen LogP contribution in [-0.2, 0) is 33.6 Å². The molecule has 7 amide bonds. The molecule has 0 unspecified atom stereocenters. The molecule has 0 saturated carbocycles. The zero-order valence-corrected chi connectivity index (χ0v) is 49.8. The molecule has 4 atom stereocenters. The van der Waals surface area contributed by atoms with Crippen molar-refractivity contribution < 1.29 is 33.6 Å². The van der Waals surface area contributed by atoms with Crippen LogP contribution in [0.4, 0.5) is 0 Å². The number of hydrogen-bond acceptors (Lipinski definition) is 12. The maximum Gasteiger partial charge on any atom is 0.242 e. The Morgan fingerprint density at radius 3 is 0.810 bits per heavy atom. The Hall–Kier alpha value is -3.91. The minimum absolute atomic E-state index is 0.0653. The lowest BCUT2D eigenvalue weighted by atomic mass is 10.0. The first-order valence-corrected chi connectivity index (χ1v) is 32.0. The summed E-state index contributed by atoms with van der Waals surface area (Å²) in [6.07, 6.45) is 38.2. The smallest absolute Gasteiger partial charge is 0.242 e. The van der Waals surface area contributed by atoms with Crippen LogP contribution >= 0.6 is 0 Å². The molecule has 0 saturated heterocycles. The Kier molecular flexibility index (Phi) is 53.2. The first-order chi connectivity index (χ1) is 38.4. The van der Waals surface area contributed by atoms with E-state index in [1.807, 2.05) is 0 Å². The van der Waals surface area contributed by atoms with Gasteiger partial charge >= 0.3 is 0 Å². The van der Waals surface area contributed by atoms with Crippen LogP contribution in [0.2, 0.25) is 0 Å². The lowest BCUT2D eigenvalue weighted by molar-refractivity contribution is -0.129. The van der Waals surface area contributed by atoms with Gasteiger partial charge < -0.3 is 66.3 Å². The molecule has 0 radical (unpaired) electrons. The third-order valence-electron chi connectivity index (χ3n) is 14.8. The van der Waals surface area contributed by atoms with E-state index in [-0.39, 0.29) is 35.4 Å². The minimum atomic E-state index is -0.622. The van der Waals surface area contributed by atoms with Crippen molar-refractivity contribution in [3.05, 3.63) is 0 Å². The van der Waals surface area contributed by atoms with E-state index >= 15 is 0 Å². The number of nitrogens with two attached hydrogens (primary N) is 6. The molecule has 0 aliphatic heterocycles. The molecular weight excluding hydrogens is 1000 g/mol. The Labute approximate surface area is 479 Å². The van der Waals surface area contributed by atoms with Gasteiger partial charge in [-0.3, -0.25) is 33.6 Å². The quantitative estimate of drug-likeness (QED) is 0.0279. The second-order valence-electron chi connectivity index (χ2n) is 22.2. The van der Waals surface area contributed by atoms with Gasteiger partial charge in [0.05, 0.1) is 6.04 Å². The van der Waals surface area contributed by atoms with E-state index in [0.29, 0.717) is 90.8 Å². The highest BCUT2D eigenvalue weighted by Gasteiger charge is 2.22. The lowest BCUT2D eigenvalue weighted by Gasteiger charge is -2.18. The van der Waals surface area contributed by atoms with E-state index in [1.165, 1.54) is 12.8 Å². The molecule has 0 aliphatic rings. The molecule has 19 nitrogen and oxygen atoms in total. The molecule has 462 valence electrons. The molecule has 19 heteroatoms. The van der Waals surface area contributed by atoms with Crippen molar-refractivity contribution in [1.29, 1.82) is 0 Å². The average molecular weight is 1120 g/mol. The van der Waals surface area contributed by atoms with Gasteiger partial charge in [-0.1, -0.05) is 141 Å². The van der Waals surface area contributed by atoms with Crippen molar-refractivity contribution in [3.63, 3.8) is 0 Å². The summed E-state index contributed by atoms with van der Waals surface area (Å²) < 4.78 is 0. The predicted octanol–water partition coefficient (Wildman–Crippen LogP) is 6.82. The Morgan fingerprint density at radius 1 is 0.278 bits per heavy atom. The second kappa shape index (κ2) is 56.0. The summed E-state index contributed by atoms with van der Waals surface area (Å²) in [6, 6.07) is -2.14. The summed E-state index contributed by atoms with van der Waals surface area (Å²) in [5.74, 6) is -1.07. The van der Waals surface area contributed by atoms with Crippen molar-refractivity contribution in [3.8, 4) is 0 Å². The number of hydrogen-bond donors (Lipinski definition) is 12. The van der Waals surface area contributed by atoms with Gasteiger partial charge in [0.1, 0.15) is 18.1 Å². The number of unbranched alkanes of at least 4 members (excludes halogenated alkanes) is 28. The maximum atomic E-state index is 13.1. The molecule has 0 aromatic heterocycles. The summed E-state index contributed by atoms with van der Waals surface area (Å²) in [6.45, 7) is 4.14. The first kappa shape index (κ1) is 75.1. The van der Waals surface area contributed by atoms with Gasteiger partial charge in [0.15, 0.2) is 0 Å². The summed E-state index contributed by atoms with van der Waals surface area (Å²) in [7, 11) is 0. The van der Waals surface area contributed by atoms with Crippen LogP contribution in [0.1, 0.15) is 270 Å². The first-order valence-electron chi connectivity index (χ1n) is 32.0. The lowest BCUT2D eigenvalue weighted by Crippen LogP contribution is -2.47. The molecule has 0 heterocycles. The highest BCUT2D eigenvalue weighted by atomic mass is 16.2. The van der Waals surface area contributed by atoms with Gasteiger partial charge in [0.25, 0.3) is 0 Å². The third kappa shape index (κ3) is 48.5. The van der Waals surface area contributed by atoms with Gasteiger partial charge in [-0.2, -0.15) is 0 Å². The Morgan fingerprint density at radius 2 is 0.519 bits per heavy atom. The van der Waals surface area contributed by atoms with E-state index in [9.17, 15) is 33.6 Å². The molecule has 79 heavy (non-hydrogen) atoms. The normalized spacial score (nSPS) is 12.8. The van der Waals surface area contributed by atoms with Gasteiger partial charge in [-0.15, -0.1) is 0 Å². The number of rotatable bonds is 59. The molecule has 0 bridgehead atoms. The zero-order chi connectivity index (χ0) is 58.2. The number of amides is 7. The van der Waals surface area contributed by atoms with Crippen molar-refractivity contribution in [2.24, 2.45) is 34.4 Å². The molecule has 0 rings (SSSR count). The molecule has 0 spiro atoms. The highest BCUT2D eigenvalue weighted by Crippen LogP contribution is 2.15. The van der Waals surface area contributed by atoms with Crippen LogP contribution in [0.5, 0.6) is 0 Å². The van der Waals surface area contributed by atoms with Crippen molar-refractivity contribution in [2.45, 2.75) is 294 Å². The van der Waals surface area contributed by atoms with Crippen LogP contribution in [-0.4, -0.2) is 111 Å². The van der Waals surface area contributed by atoms with Crippen LogP contribution in [0.15, 0.2) is 0 Å². The van der Waals surface area contributed by atoms with Crippen LogP contribution < -0.4 is 66.3 Å². The van der Waals surface area contributed by atoms with E-state index in [1.54, 1.807) is 0 Å². The van der Waals surface area contributed by atoms with Crippen LogP contribution in [0.3, 0.4) is 0 Å². The Bertz CT molecular complexity index is 1530. The fourth-order valence-corrected chi connectivity index (χ4v) is 9.70. The van der Waals surface area contributed by atoms with Crippen LogP contribution in [0, 0.1) is 0 Å². The SMILES string of the molecule is NCCCC[C@H](NC(=O)CCCCCCCCCCCNC(=O)[C@H](CCCCN)NC(=O)CCCCCCCCCCCNC(=O)[C@H](CCCCN)NC(=O)CCCCCCCCCCCNC(=O)[C@@H](N)CCCCN)C(N)=O. The van der Waals surface area contributed by atoms with Crippen molar-refractivity contribution in [1.82, 2.24) is 31.9 Å². The largest absolute Gasteiger partial charge is 0.368 e. The fraction of sp³-hybridized carbons (Fsp3) is 0.883. The highest BCUT2D eigenvalue weighted by molar-refractivity contribution is 5.88. The van der Waals surface area contributed by atoms with E-state index in [2.05, 4.69) is 31.9 Å². The number of primary amides is 1. The van der Waals surface area contributed by atoms with Gasteiger partial charge in [0, 0.05) is 38.9 Å². The predicted molar refractivity (Wildman–Crippen MR) is 322 cm³/mol. The van der Waals surface area contributed by atoms with Crippen molar-refractivity contribution in [2.75, 3.05) is 45.8 Å². The molecule has 0 fully saturated rings. The molecule has 0 aromatic rings. The standard InChI is InChI=1S/C60H120N12O7/c61-43-29-25-36-50(65)58(77)67-47-33-19-13-7-1-5-11-17-23-41-55(74)71-52(38-27-31-45-63)60(79)69-49-35-21-15-9-3-6-12-18-24-42-56(75)72-53(39-28-32-46-64)59(78)68-48-34-20-14-8-2-4-10-16-22-40-54(73)70-51(57(66)76)37-26-30-44-62/h50-53H,1-49,61-65H2,(H2,66,76)(H,67,77)(H,68,78)(H,69,79)(H,70,73)(H,71,74)(H,72,75)/t50-,51-,52-,53-/m0/s1. The maximum absolute atomic E-state index is 13.1. The molecule has 0 aromatic carbocycles. The number of carbonyl (C=O) groups is 7. The van der Waals surface area contributed by atoms with E-state index in [0.717, 1.165) is 212 Å². The van der Waals surface area contributed by atoms with Crippen LogP contribution in [0.25, 0.3) is 0 Å². The van der Waals surface area contributed by atoms with Crippen molar-refractivity contribution >= 4 is 41.4 Å². The summed E-state index contributed by atoms with van der Waals surface area (Å²) >= 11 is 0. The van der Waals surface area contributed by atoms with Gasteiger partial charge in [-0.25, -0.2) is 0 Å². The summed E-state index contributed by atoms with van der Waals surface area (Å²) in [5.41, 5.74) is 33.8. The fourth-order valence-electron chi connectivity index (χ4n) is 9.70. The monoisotopic (exact) mass is 1120 g/mol. The third-order valence-corrected chi connectivity index (χ3v) is 14.8. The number of carbonyl (C=O) groups excluding carboxylic acids is 7. The molecular formula is C60H120N12O7. The molecule has 0 aliphatic carbocycles. The second-order valence-corrected chi connectivity index (χ2v) is 22.2. The van der Waals surface area contributed by atoms with E-state index < -0.39 is 30.1 Å². The van der Waals surface area contributed by atoms with Gasteiger partial charge in [-0.05, 0) is 135 Å². The zero-order valence-electron chi connectivity index (χ0n) is 49.8.